The first kappa shape index (κ1) is 17.1. The van der Waals surface area contributed by atoms with Gasteiger partial charge in [0.05, 0.1) is 12.6 Å². The Morgan fingerprint density at radius 2 is 2.17 bits per heavy atom. The smallest absolute Gasteiger partial charge is 0.213 e. The number of H-pyrrole nitrogens is 1. The SMILES string of the molecule is CCCc1nc(S/C(=C\c2ccccc2OCC)C(=O)[O-])n[nH]1. The van der Waals surface area contributed by atoms with E-state index in [1.54, 1.807) is 12.1 Å². The third-order valence-corrected chi connectivity index (χ3v) is 3.78. The summed E-state index contributed by atoms with van der Waals surface area (Å²) in [5.41, 5.74) is 0.672. The summed E-state index contributed by atoms with van der Waals surface area (Å²) in [6.07, 6.45) is 3.22. The van der Waals surface area contributed by atoms with Crippen LogP contribution in [0, 0.1) is 0 Å². The summed E-state index contributed by atoms with van der Waals surface area (Å²) in [5, 5.41) is 18.6. The largest absolute Gasteiger partial charge is 0.544 e. The summed E-state index contributed by atoms with van der Waals surface area (Å²) in [7, 11) is 0. The van der Waals surface area contributed by atoms with Gasteiger partial charge in [-0.3, -0.25) is 5.10 Å². The molecule has 0 amide bonds. The van der Waals surface area contributed by atoms with Crippen molar-refractivity contribution in [3.05, 3.63) is 40.6 Å². The van der Waals surface area contributed by atoms with Crippen LogP contribution in [0.5, 0.6) is 5.75 Å². The highest BCUT2D eigenvalue weighted by Gasteiger charge is 2.10. The van der Waals surface area contributed by atoms with E-state index in [2.05, 4.69) is 15.2 Å². The zero-order valence-electron chi connectivity index (χ0n) is 13.0. The van der Waals surface area contributed by atoms with Crippen LogP contribution in [0.4, 0.5) is 0 Å². The minimum absolute atomic E-state index is 0.0270. The molecular formula is C16H18N3O3S-. The van der Waals surface area contributed by atoms with Crippen LogP contribution in [0.1, 0.15) is 31.7 Å². The maximum Gasteiger partial charge on any atom is 0.213 e. The molecule has 0 saturated heterocycles. The number of benzene rings is 1. The van der Waals surface area contributed by atoms with E-state index in [-0.39, 0.29) is 4.91 Å². The molecule has 2 rings (SSSR count). The lowest BCUT2D eigenvalue weighted by atomic mass is 10.2. The fraction of sp³-hybridized carbons (Fsp3) is 0.312. The summed E-state index contributed by atoms with van der Waals surface area (Å²) in [6.45, 7) is 4.41. The van der Waals surface area contributed by atoms with Gasteiger partial charge in [0.2, 0.25) is 5.16 Å². The molecule has 0 atom stereocenters. The topological polar surface area (TPSA) is 90.9 Å². The highest BCUT2D eigenvalue weighted by molar-refractivity contribution is 8.04. The van der Waals surface area contributed by atoms with Crippen molar-refractivity contribution >= 4 is 23.8 Å². The lowest BCUT2D eigenvalue weighted by molar-refractivity contribution is -0.297. The maximum atomic E-state index is 11.4. The molecule has 1 N–H and O–H groups in total. The van der Waals surface area contributed by atoms with Crippen LogP contribution in [0.25, 0.3) is 6.08 Å². The maximum absolute atomic E-state index is 11.4. The third-order valence-electron chi connectivity index (χ3n) is 2.91. The number of hydrogen-bond donors (Lipinski definition) is 1. The van der Waals surface area contributed by atoms with Crippen LogP contribution in [0.2, 0.25) is 0 Å². The summed E-state index contributed by atoms with van der Waals surface area (Å²) in [4.78, 5) is 15.7. The van der Waals surface area contributed by atoms with Gasteiger partial charge in [0.15, 0.2) is 0 Å². The predicted octanol–water partition coefficient (Wildman–Crippen LogP) is 2.04. The van der Waals surface area contributed by atoms with Crippen LogP contribution >= 0.6 is 11.8 Å². The number of carboxylic acids is 1. The number of para-hydroxylation sites is 1. The third kappa shape index (κ3) is 4.85. The number of aliphatic carboxylic acids is 1. The molecule has 23 heavy (non-hydrogen) atoms. The zero-order valence-corrected chi connectivity index (χ0v) is 13.9. The van der Waals surface area contributed by atoms with Crippen molar-refractivity contribution in [3.63, 3.8) is 0 Å². The average Bonchev–Trinajstić information content (AvgIpc) is 2.96. The van der Waals surface area contributed by atoms with Crippen LogP contribution < -0.4 is 9.84 Å². The highest BCUT2D eigenvalue weighted by atomic mass is 32.2. The van der Waals surface area contributed by atoms with E-state index in [1.165, 1.54) is 6.08 Å². The summed E-state index contributed by atoms with van der Waals surface area (Å²) >= 11 is 0.955. The molecule has 0 unspecified atom stereocenters. The molecule has 0 aliphatic heterocycles. The van der Waals surface area contributed by atoms with Crippen molar-refractivity contribution in [2.45, 2.75) is 31.8 Å². The second-order valence-electron chi connectivity index (χ2n) is 4.68. The van der Waals surface area contributed by atoms with Gasteiger partial charge in [-0.15, -0.1) is 5.10 Å². The molecule has 7 heteroatoms. The molecule has 0 bridgehead atoms. The zero-order chi connectivity index (χ0) is 16.7. The number of carboxylic acid groups (broad SMARTS) is 1. The number of thioether (sulfide) groups is 1. The molecule has 1 aromatic heterocycles. The molecule has 0 fully saturated rings. The van der Waals surface area contributed by atoms with Gasteiger partial charge in [0.1, 0.15) is 11.6 Å². The van der Waals surface area contributed by atoms with Crippen molar-refractivity contribution in [2.75, 3.05) is 6.61 Å². The van der Waals surface area contributed by atoms with Gasteiger partial charge in [-0.05, 0) is 37.2 Å². The van der Waals surface area contributed by atoms with Crippen molar-refractivity contribution < 1.29 is 14.6 Å². The monoisotopic (exact) mass is 332 g/mol. The van der Waals surface area contributed by atoms with Crippen molar-refractivity contribution in [1.29, 1.82) is 0 Å². The molecule has 1 heterocycles. The number of rotatable bonds is 8. The Bertz CT molecular complexity index is 697. The number of hydrogen-bond acceptors (Lipinski definition) is 6. The molecule has 1 aromatic carbocycles. The average molecular weight is 332 g/mol. The quantitative estimate of drug-likeness (QED) is 0.587. The number of nitrogens with one attached hydrogen (secondary N) is 1. The van der Waals surface area contributed by atoms with Gasteiger partial charge in [-0.2, -0.15) is 0 Å². The lowest BCUT2D eigenvalue weighted by Gasteiger charge is -2.09. The number of aromatic amines is 1. The first-order valence-electron chi connectivity index (χ1n) is 7.38. The van der Waals surface area contributed by atoms with Gasteiger partial charge in [0.25, 0.3) is 0 Å². The van der Waals surface area contributed by atoms with Crippen LogP contribution in [0.15, 0.2) is 34.3 Å². The van der Waals surface area contributed by atoms with E-state index in [4.69, 9.17) is 4.74 Å². The highest BCUT2D eigenvalue weighted by Crippen LogP contribution is 2.28. The Hall–Kier alpha value is -2.28. The van der Waals surface area contributed by atoms with E-state index in [0.717, 1.165) is 30.4 Å². The lowest BCUT2D eigenvalue weighted by Crippen LogP contribution is -2.23. The Morgan fingerprint density at radius 3 is 2.87 bits per heavy atom. The fourth-order valence-electron chi connectivity index (χ4n) is 1.93. The second kappa shape index (κ2) is 8.38. The van der Waals surface area contributed by atoms with Crippen LogP contribution in [0.3, 0.4) is 0 Å². The summed E-state index contributed by atoms with van der Waals surface area (Å²) in [6, 6.07) is 7.23. The standard InChI is InChI=1S/C16H19N3O3S/c1-3-7-14-17-16(19-18-14)23-13(15(20)21)10-11-8-5-6-9-12(11)22-4-2/h5-6,8-10H,3-4,7H2,1-2H3,(H,20,21)(H,17,18,19)/p-1/b13-10-. The number of carbonyl (C=O) groups is 1. The van der Waals surface area contributed by atoms with E-state index >= 15 is 0 Å². The number of aromatic nitrogens is 3. The molecule has 0 aliphatic carbocycles. The Kier molecular flexibility index (Phi) is 6.22. The Balaban J connectivity index is 2.25. The fourth-order valence-corrected chi connectivity index (χ4v) is 2.64. The van der Waals surface area contributed by atoms with E-state index in [9.17, 15) is 9.90 Å². The summed E-state index contributed by atoms with van der Waals surface area (Å²) in [5.74, 6) is 0.0848. The molecule has 0 radical (unpaired) electrons. The van der Waals surface area contributed by atoms with Gasteiger partial charge < -0.3 is 14.6 Å². The molecule has 2 aromatic rings. The van der Waals surface area contributed by atoms with Crippen molar-refractivity contribution in [3.8, 4) is 5.75 Å². The summed E-state index contributed by atoms with van der Waals surface area (Å²) < 4.78 is 5.50. The molecule has 122 valence electrons. The molecule has 0 aliphatic rings. The minimum Gasteiger partial charge on any atom is -0.544 e. The number of aryl methyl sites for hydroxylation is 1. The van der Waals surface area contributed by atoms with Gasteiger partial charge >= 0.3 is 0 Å². The number of ether oxygens (including phenoxy) is 1. The molecular weight excluding hydrogens is 314 g/mol. The Labute approximate surface area is 139 Å². The Morgan fingerprint density at radius 1 is 1.39 bits per heavy atom. The molecule has 6 nitrogen and oxygen atoms in total. The first-order chi connectivity index (χ1) is 11.1. The van der Waals surface area contributed by atoms with Gasteiger partial charge in [-0.25, -0.2) is 4.98 Å². The number of carbonyl (C=O) groups excluding carboxylic acids is 1. The van der Waals surface area contributed by atoms with E-state index in [0.29, 0.717) is 23.1 Å². The predicted molar refractivity (Wildman–Crippen MR) is 86.8 cm³/mol. The van der Waals surface area contributed by atoms with E-state index < -0.39 is 5.97 Å². The van der Waals surface area contributed by atoms with Gasteiger partial charge in [0, 0.05) is 16.9 Å². The van der Waals surface area contributed by atoms with Crippen LogP contribution in [-0.2, 0) is 11.2 Å². The first-order valence-corrected chi connectivity index (χ1v) is 8.19. The van der Waals surface area contributed by atoms with Gasteiger partial charge in [-0.1, -0.05) is 25.1 Å². The molecule has 0 saturated carbocycles. The molecule has 0 spiro atoms. The van der Waals surface area contributed by atoms with Crippen molar-refractivity contribution in [1.82, 2.24) is 15.2 Å². The number of nitrogens with zero attached hydrogens (tertiary/aromatic N) is 2. The van der Waals surface area contributed by atoms with Crippen molar-refractivity contribution in [2.24, 2.45) is 0 Å². The second-order valence-corrected chi connectivity index (χ2v) is 5.69. The van der Waals surface area contributed by atoms with Crippen LogP contribution in [-0.4, -0.2) is 27.8 Å². The van der Waals surface area contributed by atoms with E-state index in [1.807, 2.05) is 26.0 Å². The normalized spacial score (nSPS) is 11.5. The minimum atomic E-state index is -1.27.